The van der Waals surface area contributed by atoms with E-state index in [2.05, 4.69) is 0 Å². The molecule has 2 aromatic rings. The van der Waals surface area contributed by atoms with Gasteiger partial charge in [-0.05, 0) is 18.6 Å². The van der Waals surface area contributed by atoms with Gasteiger partial charge in [0.05, 0.1) is 33.4 Å². The number of morpholine rings is 1. The van der Waals surface area contributed by atoms with Crippen molar-refractivity contribution in [2.24, 2.45) is 0 Å². The Balaban J connectivity index is 2.20. The molecule has 0 spiro atoms. The Labute approximate surface area is 183 Å². The van der Waals surface area contributed by atoms with E-state index in [-0.39, 0.29) is 46.5 Å². The lowest BCUT2D eigenvalue weighted by atomic mass is 9.87. The van der Waals surface area contributed by atoms with Gasteiger partial charge in [0, 0.05) is 25.6 Å². The molecule has 1 aliphatic heterocycles. The zero-order chi connectivity index (χ0) is 23.4. The van der Waals surface area contributed by atoms with Crippen molar-refractivity contribution in [3.05, 3.63) is 51.1 Å². The fourth-order valence-electron chi connectivity index (χ4n) is 3.78. The number of hydrogen-bond donors (Lipinski definition) is 2. The quantitative estimate of drug-likeness (QED) is 0.650. The van der Waals surface area contributed by atoms with Crippen LogP contribution in [0.2, 0.25) is 0 Å². The number of carbonyl (C=O) groups is 2. The zero-order valence-electron chi connectivity index (χ0n) is 18.0. The van der Waals surface area contributed by atoms with Crippen LogP contribution in [0.5, 0.6) is 17.2 Å². The highest BCUT2D eigenvalue weighted by Gasteiger charge is 2.33. The Kier molecular flexibility index (Phi) is 7.04. The molecule has 32 heavy (non-hydrogen) atoms. The third-order valence-electron chi connectivity index (χ3n) is 5.30. The summed E-state index contributed by atoms with van der Waals surface area (Å²) in [5.41, 5.74) is -0.805. The zero-order valence-corrected chi connectivity index (χ0v) is 18.0. The second-order valence-corrected chi connectivity index (χ2v) is 7.25. The van der Waals surface area contributed by atoms with Crippen LogP contribution in [-0.4, -0.2) is 67.5 Å². The first-order chi connectivity index (χ1) is 15.3. The molecule has 0 unspecified atom stereocenters. The van der Waals surface area contributed by atoms with Gasteiger partial charge in [0.25, 0.3) is 0 Å². The molecule has 1 fully saturated rings. The normalized spacial score (nSPS) is 14.7. The lowest BCUT2D eigenvalue weighted by molar-refractivity contribution is -0.135. The molecule has 2 N–H and O–H groups in total. The summed E-state index contributed by atoms with van der Waals surface area (Å²) in [7, 11) is 2.67. The van der Waals surface area contributed by atoms with E-state index in [4.69, 9.17) is 18.6 Å². The van der Waals surface area contributed by atoms with Crippen LogP contribution in [-0.2, 0) is 9.53 Å². The molecule has 0 bridgehead atoms. The molecule has 10 heteroatoms. The second-order valence-electron chi connectivity index (χ2n) is 7.25. The standard InChI is InChI=1S/C22H25NO9/c1-12-10-15(24)19(26)20(32-12)14(11-17(25)23-6-8-31-9-7-23)13-4-5-16(29-2)21(30-3)18(13)22(27)28/h4-5,10,14,26H,6-9,11H2,1-3H3,(H,27,28)/t14-/m1/s1. The van der Waals surface area contributed by atoms with Crippen LogP contribution in [0.25, 0.3) is 0 Å². The van der Waals surface area contributed by atoms with Crippen LogP contribution < -0.4 is 14.9 Å². The van der Waals surface area contributed by atoms with Crippen LogP contribution in [0.1, 0.15) is 39.8 Å². The van der Waals surface area contributed by atoms with E-state index in [1.807, 2.05) is 0 Å². The van der Waals surface area contributed by atoms with Gasteiger partial charge in [-0.25, -0.2) is 4.79 Å². The lowest BCUT2D eigenvalue weighted by Gasteiger charge is -2.29. The fraction of sp³-hybridized carbons (Fsp3) is 0.409. The Morgan fingerprint density at radius 1 is 1.19 bits per heavy atom. The summed E-state index contributed by atoms with van der Waals surface area (Å²) < 4.78 is 21.4. The molecule has 1 atom stereocenters. The minimum absolute atomic E-state index is 0.0455. The van der Waals surface area contributed by atoms with E-state index in [0.29, 0.717) is 26.3 Å². The number of aryl methyl sites for hydroxylation is 1. The highest BCUT2D eigenvalue weighted by molar-refractivity contribution is 5.94. The van der Waals surface area contributed by atoms with Gasteiger partial charge in [-0.3, -0.25) is 9.59 Å². The van der Waals surface area contributed by atoms with Gasteiger partial charge in [-0.2, -0.15) is 0 Å². The maximum Gasteiger partial charge on any atom is 0.339 e. The van der Waals surface area contributed by atoms with Crippen molar-refractivity contribution in [1.82, 2.24) is 4.90 Å². The molecule has 1 amide bonds. The molecule has 1 aliphatic rings. The smallest absolute Gasteiger partial charge is 0.339 e. The number of hydrogen-bond acceptors (Lipinski definition) is 8. The monoisotopic (exact) mass is 447 g/mol. The van der Waals surface area contributed by atoms with Crippen LogP contribution >= 0.6 is 0 Å². The molecule has 172 valence electrons. The predicted molar refractivity (Wildman–Crippen MR) is 112 cm³/mol. The average Bonchev–Trinajstić information content (AvgIpc) is 2.79. The summed E-state index contributed by atoms with van der Waals surface area (Å²) in [5, 5.41) is 20.4. The summed E-state index contributed by atoms with van der Waals surface area (Å²) >= 11 is 0. The summed E-state index contributed by atoms with van der Waals surface area (Å²) in [6.45, 7) is 3.06. The molecule has 1 saturated heterocycles. The minimum Gasteiger partial charge on any atom is -0.502 e. The number of carboxylic acid groups (broad SMARTS) is 1. The first kappa shape index (κ1) is 23.1. The number of rotatable bonds is 7. The van der Waals surface area contributed by atoms with Gasteiger partial charge < -0.3 is 33.7 Å². The Bertz CT molecular complexity index is 1070. The van der Waals surface area contributed by atoms with Crippen molar-refractivity contribution in [2.45, 2.75) is 19.3 Å². The number of amides is 1. The Morgan fingerprint density at radius 2 is 1.88 bits per heavy atom. The van der Waals surface area contributed by atoms with Gasteiger partial charge in [-0.1, -0.05) is 6.07 Å². The van der Waals surface area contributed by atoms with E-state index in [1.165, 1.54) is 33.3 Å². The van der Waals surface area contributed by atoms with Crippen molar-refractivity contribution in [3.8, 4) is 17.2 Å². The summed E-state index contributed by atoms with van der Waals surface area (Å²) in [5.74, 6) is -3.21. The number of aromatic carboxylic acids is 1. The van der Waals surface area contributed by atoms with Gasteiger partial charge in [0.2, 0.25) is 17.1 Å². The maximum atomic E-state index is 13.1. The predicted octanol–water partition coefficient (Wildman–Crippen LogP) is 1.75. The summed E-state index contributed by atoms with van der Waals surface area (Å²) in [6.07, 6.45) is -0.240. The van der Waals surface area contributed by atoms with Crippen molar-refractivity contribution in [2.75, 3.05) is 40.5 Å². The van der Waals surface area contributed by atoms with Crippen molar-refractivity contribution in [3.63, 3.8) is 0 Å². The first-order valence-corrected chi connectivity index (χ1v) is 9.95. The second kappa shape index (κ2) is 9.73. The van der Waals surface area contributed by atoms with E-state index in [9.17, 15) is 24.6 Å². The van der Waals surface area contributed by atoms with Crippen LogP contribution in [0, 0.1) is 6.92 Å². The molecule has 2 heterocycles. The van der Waals surface area contributed by atoms with Crippen LogP contribution in [0.3, 0.4) is 0 Å². The van der Waals surface area contributed by atoms with E-state index >= 15 is 0 Å². The fourth-order valence-corrected chi connectivity index (χ4v) is 3.78. The number of nitrogens with zero attached hydrogens (tertiary/aromatic N) is 1. The molecule has 3 rings (SSSR count). The molecular formula is C22H25NO9. The lowest BCUT2D eigenvalue weighted by Crippen LogP contribution is -2.41. The highest BCUT2D eigenvalue weighted by atomic mass is 16.5. The van der Waals surface area contributed by atoms with E-state index < -0.39 is 23.1 Å². The molecular weight excluding hydrogens is 422 g/mol. The SMILES string of the molecule is COc1ccc([C@@H](CC(=O)N2CCOCC2)c2oc(C)cc(=O)c2O)c(C(=O)O)c1OC. The van der Waals surface area contributed by atoms with Gasteiger partial charge >= 0.3 is 5.97 Å². The number of carbonyl (C=O) groups excluding carboxylic acids is 1. The molecule has 0 saturated carbocycles. The highest BCUT2D eigenvalue weighted by Crippen LogP contribution is 2.41. The molecule has 1 aromatic carbocycles. The average molecular weight is 447 g/mol. The summed E-state index contributed by atoms with van der Waals surface area (Å²) in [4.78, 5) is 39.1. The number of benzene rings is 1. The first-order valence-electron chi connectivity index (χ1n) is 9.95. The minimum atomic E-state index is -1.32. The van der Waals surface area contributed by atoms with E-state index in [0.717, 1.165) is 6.07 Å². The van der Waals surface area contributed by atoms with Crippen LogP contribution in [0.15, 0.2) is 27.4 Å². The van der Waals surface area contributed by atoms with E-state index in [1.54, 1.807) is 4.90 Å². The topological polar surface area (TPSA) is 136 Å². The summed E-state index contributed by atoms with van der Waals surface area (Å²) in [6, 6.07) is 4.08. The van der Waals surface area contributed by atoms with Crippen molar-refractivity contribution >= 4 is 11.9 Å². The third-order valence-corrected chi connectivity index (χ3v) is 5.30. The Morgan fingerprint density at radius 3 is 2.47 bits per heavy atom. The molecule has 10 nitrogen and oxygen atoms in total. The van der Waals surface area contributed by atoms with Gasteiger partial charge in [-0.15, -0.1) is 0 Å². The number of ether oxygens (including phenoxy) is 3. The van der Waals surface area contributed by atoms with Crippen molar-refractivity contribution < 1.29 is 38.4 Å². The largest absolute Gasteiger partial charge is 0.502 e. The molecule has 0 aliphatic carbocycles. The van der Waals surface area contributed by atoms with Gasteiger partial charge in [0.1, 0.15) is 11.3 Å². The maximum absolute atomic E-state index is 13.1. The van der Waals surface area contributed by atoms with Crippen LogP contribution in [0.4, 0.5) is 0 Å². The Hall–Kier alpha value is -3.53. The third kappa shape index (κ3) is 4.54. The molecule has 1 aromatic heterocycles. The molecule has 0 radical (unpaired) electrons. The number of aromatic hydroxyl groups is 1. The number of carboxylic acids is 1. The number of methoxy groups -OCH3 is 2. The van der Waals surface area contributed by atoms with Gasteiger partial charge in [0.15, 0.2) is 17.3 Å². The van der Waals surface area contributed by atoms with Crippen molar-refractivity contribution in [1.29, 1.82) is 0 Å².